The van der Waals surface area contributed by atoms with Gasteiger partial charge in [0.1, 0.15) is 11.4 Å². The van der Waals surface area contributed by atoms with Crippen molar-refractivity contribution in [3.63, 3.8) is 0 Å². The molecule has 6 nitrogen and oxygen atoms in total. The summed E-state index contributed by atoms with van der Waals surface area (Å²) in [5.74, 6) is 0.260. The zero-order chi connectivity index (χ0) is 15.6. The molecule has 0 bridgehead atoms. The van der Waals surface area contributed by atoms with E-state index in [1.807, 2.05) is 20.8 Å². The van der Waals surface area contributed by atoms with Crippen LogP contribution in [0.15, 0.2) is 4.79 Å². The minimum atomic E-state index is -0.367. The Hall–Kier alpha value is -1.40. The summed E-state index contributed by atoms with van der Waals surface area (Å²) in [6.45, 7) is 9.34. The molecule has 1 aliphatic heterocycles. The number of carbonyl (C=O) groups is 1. The lowest BCUT2D eigenvalue weighted by molar-refractivity contribution is 0.0927. The van der Waals surface area contributed by atoms with Crippen molar-refractivity contribution in [1.82, 2.24) is 20.6 Å². The van der Waals surface area contributed by atoms with Crippen molar-refractivity contribution in [3.8, 4) is 0 Å². The number of carbonyl (C=O) groups excluding carboxylic acids is 1. The van der Waals surface area contributed by atoms with Crippen molar-refractivity contribution in [1.29, 1.82) is 0 Å². The summed E-state index contributed by atoms with van der Waals surface area (Å²) in [6, 6.07) is 0.0762. The number of hydrogen-bond donors (Lipinski definition) is 3. The van der Waals surface area contributed by atoms with Gasteiger partial charge in [0, 0.05) is 18.0 Å². The molecule has 3 N–H and O–H groups in total. The second-order valence-electron chi connectivity index (χ2n) is 6.64. The Labute approximate surface area is 136 Å². The van der Waals surface area contributed by atoms with E-state index in [2.05, 4.69) is 20.6 Å². The number of aromatic amines is 1. The van der Waals surface area contributed by atoms with Gasteiger partial charge in [0.25, 0.3) is 11.5 Å². The molecule has 2 heterocycles. The van der Waals surface area contributed by atoms with E-state index in [9.17, 15) is 9.59 Å². The van der Waals surface area contributed by atoms with Gasteiger partial charge in [0.15, 0.2) is 0 Å². The SMILES string of the molecule is Cc1nc(C(C)(C)C)[nH]c(=O)c1C(=O)N[C@H]1CCCNC1.Cl. The average Bonchev–Trinajstić information content (AvgIpc) is 2.37. The van der Waals surface area contributed by atoms with E-state index in [4.69, 9.17) is 0 Å². The maximum atomic E-state index is 12.3. The van der Waals surface area contributed by atoms with E-state index in [1.54, 1.807) is 6.92 Å². The molecule has 1 atom stereocenters. The van der Waals surface area contributed by atoms with Gasteiger partial charge in [0.2, 0.25) is 0 Å². The molecular formula is C15H25ClN4O2. The molecule has 1 amide bonds. The number of hydrogen-bond acceptors (Lipinski definition) is 4. The Balaban J connectivity index is 0.00000242. The normalized spacial score (nSPS) is 18.5. The molecule has 0 unspecified atom stereocenters. The van der Waals surface area contributed by atoms with E-state index in [-0.39, 0.29) is 40.9 Å². The van der Waals surface area contributed by atoms with Gasteiger partial charge in [-0.05, 0) is 26.3 Å². The number of amides is 1. The van der Waals surface area contributed by atoms with Crippen molar-refractivity contribution in [2.75, 3.05) is 13.1 Å². The highest BCUT2D eigenvalue weighted by Crippen LogP contribution is 2.17. The van der Waals surface area contributed by atoms with Gasteiger partial charge in [-0.25, -0.2) is 4.98 Å². The summed E-state index contributed by atoms with van der Waals surface area (Å²) >= 11 is 0. The van der Waals surface area contributed by atoms with Gasteiger partial charge in [-0.3, -0.25) is 9.59 Å². The number of aryl methyl sites for hydroxylation is 1. The predicted molar refractivity (Wildman–Crippen MR) is 88.9 cm³/mol. The van der Waals surface area contributed by atoms with Crippen LogP contribution in [0, 0.1) is 6.92 Å². The van der Waals surface area contributed by atoms with E-state index >= 15 is 0 Å². The van der Waals surface area contributed by atoms with Crippen LogP contribution in [0.25, 0.3) is 0 Å². The fraction of sp³-hybridized carbons (Fsp3) is 0.667. The standard InChI is InChI=1S/C15H24N4O2.ClH/c1-9-11(12(20)18-10-6-5-7-16-8-10)13(21)19-14(17-9)15(2,3)4;/h10,16H,5-8H2,1-4H3,(H,18,20)(H,17,19,21);1H/t10-;/m0./s1. The minimum Gasteiger partial charge on any atom is -0.348 e. The van der Waals surface area contributed by atoms with Crippen LogP contribution in [-0.4, -0.2) is 35.0 Å². The van der Waals surface area contributed by atoms with Crippen LogP contribution >= 0.6 is 12.4 Å². The third-order valence-electron chi connectivity index (χ3n) is 3.67. The van der Waals surface area contributed by atoms with Gasteiger partial charge < -0.3 is 15.6 Å². The fourth-order valence-corrected chi connectivity index (χ4v) is 2.44. The molecule has 7 heteroatoms. The Bertz CT molecular complexity index is 586. The van der Waals surface area contributed by atoms with Crippen LogP contribution < -0.4 is 16.2 Å². The van der Waals surface area contributed by atoms with Crippen LogP contribution in [0.5, 0.6) is 0 Å². The van der Waals surface area contributed by atoms with Crippen molar-refractivity contribution >= 4 is 18.3 Å². The first-order chi connectivity index (χ1) is 9.79. The zero-order valence-electron chi connectivity index (χ0n) is 13.6. The molecule has 0 spiro atoms. The number of H-pyrrole nitrogens is 1. The highest BCUT2D eigenvalue weighted by molar-refractivity contribution is 5.95. The molecule has 0 aliphatic carbocycles. The zero-order valence-corrected chi connectivity index (χ0v) is 14.4. The summed E-state index contributed by atoms with van der Waals surface area (Å²) in [7, 11) is 0. The van der Waals surface area contributed by atoms with Gasteiger partial charge >= 0.3 is 0 Å². The number of halogens is 1. The van der Waals surface area contributed by atoms with Crippen LogP contribution in [0.2, 0.25) is 0 Å². The predicted octanol–water partition coefficient (Wildman–Crippen LogP) is 1.28. The molecule has 0 aromatic carbocycles. The monoisotopic (exact) mass is 328 g/mol. The fourth-order valence-electron chi connectivity index (χ4n) is 2.44. The molecule has 124 valence electrons. The topological polar surface area (TPSA) is 86.9 Å². The quantitative estimate of drug-likeness (QED) is 0.763. The molecule has 0 radical (unpaired) electrons. The molecule has 0 saturated carbocycles. The van der Waals surface area contributed by atoms with Gasteiger partial charge in [0.05, 0.1) is 5.69 Å². The maximum absolute atomic E-state index is 12.3. The third-order valence-corrected chi connectivity index (χ3v) is 3.67. The van der Waals surface area contributed by atoms with Gasteiger partial charge in [-0.15, -0.1) is 12.4 Å². The second-order valence-corrected chi connectivity index (χ2v) is 6.64. The van der Waals surface area contributed by atoms with Crippen LogP contribution in [0.1, 0.15) is 55.5 Å². The molecule has 2 rings (SSSR count). The Morgan fingerprint density at radius 1 is 1.36 bits per heavy atom. The van der Waals surface area contributed by atoms with Crippen molar-refractivity contribution in [3.05, 3.63) is 27.4 Å². The number of piperidine rings is 1. The number of nitrogens with one attached hydrogen (secondary N) is 3. The Kier molecular flexibility index (Phi) is 6.14. The lowest BCUT2D eigenvalue weighted by atomic mass is 9.95. The van der Waals surface area contributed by atoms with Crippen molar-refractivity contribution in [2.45, 2.75) is 52.0 Å². The van der Waals surface area contributed by atoms with E-state index in [1.165, 1.54) is 0 Å². The highest BCUT2D eigenvalue weighted by atomic mass is 35.5. The summed E-state index contributed by atoms with van der Waals surface area (Å²) in [5.41, 5.74) is -0.0288. The lowest BCUT2D eigenvalue weighted by Crippen LogP contribution is -2.47. The Morgan fingerprint density at radius 3 is 2.55 bits per heavy atom. The van der Waals surface area contributed by atoms with E-state index < -0.39 is 0 Å². The van der Waals surface area contributed by atoms with E-state index in [0.717, 1.165) is 25.9 Å². The lowest BCUT2D eigenvalue weighted by Gasteiger charge is -2.24. The second kappa shape index (κ2) is 7.24. The average molecular weight is 329 g/mol. The molecule has 1 fully saturated rings. The smallest absolute Gasteiger partial charge is 0.264 e. The largest absolute Gasteiger partial charge is 0.348 e. The summed E-state index contributed by atoms with van der Waals surface area (Å²) in [4.78, 5) is 31.7. The summed E-state index contributed by atoms with van der Waals surface area (Å²) in [5, 5.41) is 6.15. The Morgan fingerprint density at radius 2 is 2.05 bits per heavy atom. The van der Waals surface area contributed by atoms with Crippen molar-refractivity contribution < 1.29 is 4.79 Å². The van der Waals surface area contributed by atoms with Gasteiger partial charge in [-0.1, -0.05) is 20.8 Å². The number of rotatable bonds is 2. The molecule has 22 heavy (non-hydrogen) atoms. The number of aromatic nitrogens is 2. The summed E-state index contributed by atoms with van der Waals surface area (Å²) < 4.78 is 0. The van der Waals surface area contributed by atoms with E-state index in [0.29, 0.717) is 11.5 Å². The first-order valence-electron chi connectivity index (χ1n) is 7.42. The third kappa shape index (κ3) is 4.30. The molecule has 1 saturated heterocycles. The molecule has 1 aromatic heterocycles. The molecule has 1 aliphatic rings. The van der Waals surface area contributed by atoms with Crippen LogP contribution in [0.4, 0.5) is 0 Å². The highest BCUT2D eigenvalue weighted by Gasteiger charge is 2.24. The molecule has 1 aromatic rings. The first kappa shape index (κ1) is 18.6. The molecular weight excluding hydrogens is 304 g/mol. The van der Waals surface area contributed by atoms with Crippen molar-refractivity contribution in [2.24, 2.45) is 0 Å². The number of nitrogens with zero attached hydrogens (tertiary/aromatic N) is 1. The summed E-state index contributed by atoms with van der Waals surface area (Å²) in [6.07, 6.45) is 1.96. The maximum Gasteiger partial charge on any atom is 0.264 e. The van der Waals surface area contributed by atoms with Gasteiger partial charge in [-0.2, -0.15) is 0 Å². The first-order valence-corrected chi connectivity index (χ1v) is 7.42. The minimum absolute atomic E-state index is 0. The van der Waals surface area contributed by atoms with Crippen LogP contribution in [-0.2, 0) is 5.41 Å². The van der Waals surface area contributed by atoms with Crippen LogP contribution in [0.3, 0.4) is 0 Å².